The average Bonchev–Trinajstić information content (AvgIpc) is 2.45. The van der Waals surface area contributed by atoms with E-state index in [1.807, 2.05) is 0 Å². The summed E-state index contributed by atoms with van der Waals surface area (Å²) in [6, 6.07) is 7.56. The van der Waals surface area contributed by atoms with Crippen molar-refractivity contribution in [2.24, 2.45) is 10.9 Å². The van der Waals surface area contributed by atoms with E-state index in [0.29, 0.717) is 17.1 Å². The van der Waals surface area contributed by atoms with E-state index in [1.165, 1.54) is 18.3 Å². The van der Waals surface area contributed by atoms with Crippen LogP contribution in [0.1, 0.15) is 5.56 Å². The summed E-state index contributed by atoms with van der Waals surface area (Å²) in [5.41, 5.74) is 6.56. The Morgan fingerprint density at radius 2 is 2.21 bits per heavy atom. The lowest BCUT2D eigenvalue weighted by Crippen LogP contribution is -2.21. The zero-order valence-electron chi connectivity index (χ0n) is 10.2. The zero-order valence-corrected chi connectivity index (χ0v) is 10.2. The van der Waals surface area contributed by atoms with Crippen molar-refractivity contribution in [1.29, 1.82) is 0 Å². The van der Waals surface area contributed by atoms with Gasteiger partial charge in [0, 0.05) is 12.7 Å². The van der Waals surface area contributed by atoms with Crippen molar-refractivity contribution in [2.75, 3.05) is 11.9 Å². The maximum Gasteiger partial charge on any atom is 0.173 e. The Bertz CT molecular complexity index is 617. The molecule has 2 rings (SSSR count). The van der Waals surface area contributed by atoms with Crippen LogP contribution in [0.25, 0.3) is 0 Å². The second kappa shape index (κ2) is 5.30. The summed E-state index contributed by atoms with van der Waals surface area (Å²) in [5.74, 6) is -0.0878. The monoisotopic (exact) mass is 261 g/mol. The lowest BCUT2D eigenvalue weighted by molar-refractivity contribution is 0.318. The smallest absolute Gasteiger partial charge is 0.173 e. The second-order valence-corrected chi connectivity index (χ2v) is 3.79. The van der Waals surface area contributed by atoms with Gasteiger partial charge in [-0.1, -0.05) is 11.2 Å². The lowest BCUT2D eigenvalue weighted by atomic mass is 10.2. The van der Waals surface area contributed by atoms with Gasteiger partial charge in [0.15, 0.2) is 11.7 Å². The Morgan fingerprint density at radius 3 is 2.89 bits per heavy atom. The summed E-state index contributed by atoms with van der Waals surface area (Å²) < 4.78 is 13.2. The molecule has 1 aromatic heterocycles. The Morgan fingerprint density at radius 1 is 1.42 bits per heavy atom. The van der Waals surface area contributed by atoms with E-state index in [9.17, 15) is 4.39 Å². The maximum absolute atomic E-state index is 13.2. The molecule has 0 atom stereocenters. The van der Waals surface area contributed by atoms with E-state index in [4.69, 9.17) is 10.9 Å². The number of benzene rings is 1. The summed E-state index contributed by atoms with van der Waals surface area (Å²) in [6.07, 6.45) is 1.43. The molecule has 6 nitrogen and oxygen atoms in total. The Balaban J connectivity index is 2.47. The van der Waals surface area contributed by atoms with Gasteiger partial charge in [0.1, 0.15) is 5.82 Å². The molecule has 0 unspecified atom stereocenters. The van der Waals surface area contributed by atoms with E-state index in [-0.39, 0.29) is 11.7 Å². The van der Waals surface area contributed by atoms with Crippen LogP contribution < -0.4 is 10.6 Å². The van der Waals surface area contributed by atoms with Gasteiger partial charge in [0.25, 0.3) is 0 Å². The first-order chi connectivity index (χ1) is 9.13. The van der Waals surface area contributed by atoms with Crippen molar-refractivity contribution in [2.45, 2.75) is 0 Å². The van der Waals surface area contributed by atoms with Gasteiger partial charge in [-0.05, 0) is 24.3 Å². The number of aromatic nitrogens is 2. The van der Waals surface area contributed by atoms with Crippen LogP contribution in [0.3, 0.4) is 0 Å². The van der Waals surface area contributed by atoms with Crippen LogP contribution in [-0.2, 0) is 0 Å². The first-order valence-corrected chi connectivity index (χ1v) is 5.42. The van der Waals surface area contributed by atoms with Gasteiger partial charge in [-0.3, -0.25) is 0 Å². The molecule has 0 radical (unpaired) electrons. The second-order valence-electron chi connectivity index (χ2n) is 3.79. The molecular weight excluding hydrogens is 249 g/mol. The van der Waals surface area contributed by atoms with E-state index in [1.54, 1.807) is 30.1 Å². The maximum atomic E-state index is 13.2. The first kappa shape index (κ1) is 12.7. The van der Waals surface area contributed by atoms with Gasteiger partial charge in [-0.25, -0.2) is 4.39 Å². The van der Waals surface area contributed by atoms with E-state index in [2.05, 4.69) is 15.4 Å². The van der Waals surface area contributed by atoms with E-state index >= 15 is 0 Å². The predicted molar refractivity (Wildman–Crippen MR) is 69.0 cm³/mol. The molecule has 98 valence electrons. The number of rotatable bonds is 3. The van der Waals surface area contributed by atoms with Crippen molar-refractivity contribution in [3.63, 3.8) is 0 Å². The molecule has 0 amide bonds. The molecule has 2 aromatic rings. The zero-order chi connectivity index (χ0) is 13.8. The predicted octanol–water partition coefficient (Wildman–Crippen LogP) is 1.48. The van der Waals surface area contributed by atoms with Crippen LogP contribution in [0.15, 0.2) is 41.7 Å². The van der Waals surface area contributed by atoms with Crippen LogP contribution >= 0.6 is 0 Å². The first-order valence-electron chi connectivity index (χ1n) is 5.42. The van der Waals surface area contributed by atoms with Crippen LogP contribution in [0.2, 0.25) is 0 Å². The summed E-state index contributed by atoms with van der Waals surface area (Å²) in [5, 5.41) is 19.4. The number of anilines is 2. The molecule has 0 aliphatic rings. The molecule has 0 aliphatic heterocycles. The third-order valence-corrected chi connectivity index (χ3v) is 2.60. The Labute approximate surface area is 109 Å². The fourth-order valence-electron chi connectivity index (χ4n) is 1.63. The SMILES string of the molecule is CN(c1cccc(F)c1)c1nnccc1/C(N)=N/O. The molecule has 1 aromatic carbocycles. The number of amidine groups is 1. The largest absolute Gasteiger partial charge is 0.409 e. The molecule has 1 heterocycles. The standard InChI is InChI=1S/C12H12FN5O/c1-18(9-4-2-3-8(13)7-9)12-10(11(14)17-19)5-6-15-16-12/h2-7,19H,1H3,(H2,14,17). The van der Waals surface area contributed by atoms with Gasteiger partial charge < -0.3 is 15.8 Å². The third-order valence-electron chi connectivity index (χ3n) is 2.60. The molecule has 0 saturated heterocycles. The number of nitrogens with two attached hydrogens (primary N) is 1. The van der Waals surface area contributed by atoms with E-state index < -0.39 is 0 Å². The number of hydrogen-bond acceptors (Lipinski definition) is 5. The number of oxime groups is 1. The van der Waals surface area contributed by atoms with Crippen molar-refractivity contribution in [1.82, 2.24) is 10.2 Å². The average molecular weight is 261 g/mol. The van der Waals surface area contributed by atoms with Gasteiger partial charge in [-0.2, -0.15) is 5.10 Å². The van der Waals surface area contributed by atoms with Crippen LogP contribution in [0.5, 0.6) is 0 Å². The molecule has 7 heteroatoms. The van der Waals surface area contributed by atoms with Gasteiger partial charge in [-0.15, -0.1) is 5.10 Å². The van der Waals surface area contributed by atoms with E-state index in [0.717, 1.165) is 0 Å². The van der Waals surface area contributed by atoms with Crippen molar-refractivity contribution < 1.29 is 9.60 Å². The fourth-order valence-corrected chi connectivity index (χ4v) is 1.63. The minimum Gasteiger partial charge on any atom is -0.409 e. The van der Waals surface area contributed by atoms with Gasteiger partial charge in [0.05, 0.1) is 11.8 Å². The van der Waals surface area contributed by atoms with Gasteiger partial charge >= 0.3 is 0 Å². The number of nitrogens with zero attached hydrogens (tertiary/aromatic N) is 4. The number of halogens is 1. The fraction of sp³-hybridized carbons (Fsp3) is 0.0833. The minimum absolute atomic E-state index is 0.0897. The molecule has 3 N–H and O–H groups in total. The van der Waals surface area contributed by atoms with Gasteiger partial charge in [0.2, 0.25) is 0 Å². The van der Waals surface area contributed by atoms with Crippen molar-refractivity contribution >= 4 is 17.3 Å². The summed E-state index contributed by atoms with van der Waals surface area (Å²) in [7, 11) is 1.69. The summed E-state index contributed by atoms with van der Waals surface area (Å²) in [6.45, 7) is 0. The van der Waals surface area contributed by atoms with Crippen molar-refractivity contribution in [3.8, 4) is 0 Å². The highest BCUT2D eigenvalue weighted by atomic mass is 19.1. The molecule has 0 aliphatic carbocycles. The van der Waals surface area contributed by atoms with Crippen molar-refractivity contribution in [3.05, 3.63) is 47.9 Å². The highest BCUT2D eigenvalue weighted by molar-refractivity contribution is 6.01. The minimum atomic E-state index is -0.362. The van der Waals surface area contributed by atoms with Crippen LogP contribution in [0, 0.1) is 5.82 Å². The van der Waals surface area contributed by atoms with Crippen LogP contribution in [0.4, 0.5) is 15.9 Å². The molecule has 0 saturated carbocycles. The van der Waals surface area contributed by atoms with Crippen LogP contribution in [-0.4, -0.2) is 28.3 Å². The quantitative estimate of drug-likeness (QED) is 0.378. The lowest BCUT2D eigenvalue weighted by Gasteiger charge is -2.19. The Kier molecular flexibility index (Phi) is 3.56. The number of hydrogen-bond donors (Lipinski definition) is 2. The third kappa shape index (κ3) is 2.59. The molecular formula is C12H12FN5O. The molecule has 0 bridgehead atoms. The normalized spacial score (nSPS) is 11.4. The topological polar surface area (TPSA) is 87.6 Å². The highest BCUT2D eigenvalue weighted by Gasteiger charge is 2.14. The summed E-state index contributed by atoms with van der Waals surface area (Å²) >= 11 is 0. The molecule has 19 heavy (non-hydrogen) atoms. The molecule has 0 spiro atoms. The summed E-state index contributed by atoms with van der Waals surface area (Å²) in [4.78, 5) is 1.60. The molecule has 0 fully saturated rings. The highest BCUT2D eigenvalue weighted by Crippen LogP contribution is 2.24. The Hall–Kier alpha value is -2.70.